The Morgan fingerprint density at radius 1 is 1.23 bits per heavy atom. The zero-order chi connectivity index (χ0) is 15.9. The van der Waals surface area contributed by atoms with Crippen LogP contribution in [-0.4, -0.2) is 16.3 Å². The summed E-state index contributed by atoms with van der Waals surface area (Å²) in [4.78, 5) is 10.4. The van der Waals surface area contributed by atoms with Gasteiger partial charge in [0.2, 0.25) is 0 Å². The van der Waals surface area contributed by atoms with E-state index in [1.165, 1.54) is 12.3 Å². The smallest absolute Gasteiger partial charge is 0.278 e. The molecule has 8 heteroatoms. The predicted octanol–water partition coefficient (Wildman–Crippen LogP) is 3.57. The minimum Gasteiger partial charge on any atom is -0.330 e. The first-order chi connectivity index (χ1) is 10.6. The van der Waals surface area contributed by atoms with Crippen LogP contribution in [0, 0.1) is 10.1 Å². The summed E-state index contributed by atoms with van der Waals surface area (Å²) in [5.41, 5.74) is 3.57. The van der Waals surface area contributed by atoms with E-state index in [2.05, 4.69) is 15.8 Å². The van der Waals surface area contributed by atoms with Crippen LogP contribution in [0.4, 0.5) is 11.4 Å². The van der Waals surface area contributed by atoms with Crippen molar-refractivity contribution >= 4 is 46.5 Å². The van der Waals surface area contributed by atoms with Gasteiger partial charge < -0.3 is 5.32 Å². The van der Waals surface area contributed by atoms with E-state index in [9.17, 15) is 10.1 Å². The fourth-order valence-corrected chi connectivity index (χ4v) is 1.98. The van der Waals surface area contributed by atoms with Crippen LogP contribution in [0.5, 0.6) is 0 Å². The molecular weight excluding hydrogens is 324 g/mol. The molecule has 0 aliphatic rings. The highest BCUT2D eigenvalue weighted by atomic mass is 35.5. The number of nitro groups is 1. The number of hydrogen-bond acceptors (Lipinski definition) is 4. The molecule has 0 bridgehead atoms. The lowest BCUT2D eigenvalue weighted by Gasteiger charge is -2.08. The number of hydrazone groups is 1. The normalized spacial score (nSPS) is 10.4. The third kappa shape index (κ3) is 4.24. The SMILES string of the molecule is O=[N+]([O-])c1ccccc1C=NNC(=S)Nc1ccccc1Cl. The number of nitrogens with zero attached hydrogens (tertiary/aromatic N) is 2. The number of hydrogen-bond donors (Lipinski definition) is 2. The number of halogens is 1. The van der Waals surface area contributed by atoms with Gasteiger partial charge in [0.25, 0.3) is 5.69 Å². The minimum atomic E-state index is -0.471. The molecule has 0 aliphatic heterocycles. The van der Waals surface area contributed by atoms with Crippen molar-refractivity contribution in [3.05, 3.63) is 69.2 Å². The monoisotopic (exact) mass is 334 g/mol. The summed E-state index contributed by atoms with van der Waals surface area (Å²) in [5.74, 6) is 0. The number of rotatable bonds is 4. The molecule has 22 heavy (non-hydrogen) atoms. The van der Waals surface area contributed by atoms with Crippen molar-refractivity contribution < 1.29 is 4.92 Å². The van der Waals surface area contributed by atoms with Crippen LogP contribution < -0.4 is 10.7 Å². The molecule has 2 N–H and O–H groups in total. The molecular formula is C14H11ClN4O2S. The van der Waals surface area contributed by atoms with Crippen molar-refractivity contribution in [3.63, 3.8) is 0 Å². The van der Waals surface area contributed by atoms with Gasteiger partial charge in [0.05, 0.1) is 27.4 Å². The fraction of sp³-hybridized carbons (Fsp3) is 0. The van der Waals surface area contributed by atoms with Crippen LogP contribution in [0.25, 0.3) is 0 Å². The predicted molar refractivity (Wildman–Crippen MR) is 91.5 cm³/mol. The second-order valence-corrected chi connectivity index (χ2v) is 4.94. The maximum Gasteiger partial charge on any atom is 0.278 e. The molecule has 0 aromatic heterocycles. The van der Waals surface area contributed by atoms with Gasteiger partial charge in [-0.15, -0.1) is 0 Å². The summed E-state index contributed by atoms with van der Waals surface area (Å²) in [6.45, 7) is 0. The molecule has 2 rings (SSSR count). The Hall–Kier alpha value is -2.51. The summed E-state index contributed by atoms with van der Waals surface area (Å²) in [5, 5.41) is 18.4. The number of nitrogens with one attached hydrogen (secondary N) is 2. The van der Waals surface area contributed by atoms with Gasteiger partial charge in [0.15, 0.2) is 5.11 Å². The van der Waals surface area contributed by atoms with E-state index < -0.39 is 4.92 Å². The number of anilines is 1. The Kier molecular flexibility index (Phi) is 5.40. The number of para-hydroxylation sites is 2. The lowest BCUT2D eigenvalue weighted by molar-refractivity contribution is -0.385. The Morgan fingerprint density at radius 3 is 2.64 bits per heavy atom. The van der Waals surface area contributed by atoms with Crippen LogP contribution >= 0.6 is 23.8 Å². The molecule has 2 aromatic rings. The van der Waals surface area contributed by atoms with E-state index in [1.54, 1.807) is 36.4 Å². The van der Waals surface area contributed by atoms with Crippen LogP contribution in [-0.2, 0) is 0 Å². The van der Waals surface area contributed by atoms with Crippen LogP contribution in [0.15, 0.2) is 53.6 Å². The first-order valence-electron chi connectivity index (χ1n) is 6.16. The lowest BCUT2D eigenvalue weighted by Crippen LogP contribution is -2.24. The summed E-state index contributed by atoms with van der Waals surface area (Å²) in [7, 11) is 0. The zero-order valence-corrected chi connectivity index (χ0v) is 12.8. The van der Waals surface area contributed by atoms with E-state index >= 15 is 0 Å². The standard InChI is InChI=1S/C14H11ClN4O2S/c15-11-6-2-3-7-12(11)17-14(22)18-16-9-10-5-1-4-8-13(10)19(20)21/h1-9H,(H2,17,18,22). The Bertz CT molecular complexity index is 736. The molecule has 0 unspecified atom stereocenters. The molecule has 0 amide bonds. The highest BCUT2D eigenvalue weighted by Gasteiger charge is 2.09. The average molecular weight is 335 g/mol. The fourth-order valence-electron chi connectivity index (χ4n) is 1.64. The van der Waals surface area contributed by atoms with Crippen molar-refractivity contribution in [2.45, 2.75) is 0 Å². The third-order valence-electron chi connectivity index (χ3n) is 2.63. The summed E-state index contributed by atoms with van der Waals surface area (Å²) >= 11 is 11.1. The van der Waals surface area contributed by atoms with E-state index in [-0.39, 0.29) is 10.8 Å². The maximum atomic E-state index is 10.9. The molecule has 0 fully saturated rings. The van der Waals surface area contributed by atoms with Gasteiger partial charge in [-0.25, -0.2) is 0 Å². The second kappa shape index (κ2) is 7.48. The Balaban J connectivity index is 2.00. The van der Waals surface area contributed by atoms with Crippen molar-refractivity contribution in [3.8, 4) is 0 Å². The largest absolute Gasteiger partial charge is 0.330 e. The van der Waals surface area contributed by atoms with Gasteiger partial charge in [0, 0.05) is 6.07 Å². The molecule has 0 heterocycles. The molecule has 112 valence electrons. The van der Waals surface area contributed by atoms with Crippen molar-refractivity contribution in [2.24, 2.45) is 5.10 Å². The van der Waals surface area contributed by atoms with E-state index in [1.807, 2.05) is 6.07 Å². The molecule has 0 radical (unpaired) electrons. The van der Waals surface area contributed by atoms with Crippen molar-refractivity contribution in [2.75, 3.05) is 5.32 Å². The van der Waals surface area contributed by atoms with Crippen LogP contribution in [0.1, 0.15) is 5.56 Å². The Morgan fingerprint density at radius 2 is 1.91 bits per heavy atom. The van der Waals surface area contributed by atoms with Gasteiger partial charge in [-0.1, -0.05) is 35.9 Å². The highest BCUT2D eigenvalue weighted by molar-refractivity contribution is 7.80. The average Bonchev–Trinajstić information content (AvgIpc) is 2.50. The van der Waals surface area contributed by atoms with Crippen molar-refractivity contribution in [1.82, 2.24) is 5.43 Å². The number of thiocarbonyl (C=S) groups is 1. The number of nitro benzene ring substituents is 1. The first-order valence-corrected chi connectivity index (χ1v) is 6.94. The molecule has 6 nitrogen and oxygen atoms in total. The van der Waals surface area contributed by atoms with Crippen LogP contribution in [0.3, 0.4) is 0 Å². The maximum absolute atomic E-state index is 10.9. The van der Waals surface area contributed by atoms with Crippen LogP contribution in [0.2, 0.25) is 5.02 Å². The molecule has 0 aliphatic carbocycles. The molecule has 0 spiro atoms. The number of benzene rings is 2. The van der Waals surface area contributed by atoms with E-state index in [0.29, 0.717) is 16.3 Å². The van der Waals surface area contributed by atoms with Gasteiger partial charge in [-0.05, 0) is 30.4 Å². The van der Waals surface area contributed by atoms with Gasteiger partial charge >= 0.3 is 0 Å². The zero-order valence-electron chi connectivity index (χ0n) is 11.2. The topological polar surface area (TPSA) is 79.6 Å². The summed E-state index contributed by atoms with van der Waals surface area (Å²) in [6.07, 6.45) is 1.33. The minimum absolute atomic E-state index is 0.0296. The van der Waals surface area contributed by atoms with E-state index in [4.69, 9.17) is 23.8 Å². The van der Waals surface area contributed by atoms with E-state index in [0.717, 1.165) is 0 Å². The first kappa shape index (κ1) is 15.9. The molecule has 2 aromatic carbocycles. The van der Waals surface area contributed by atoms with Gasteiger partial charge in [-0.2, -0.15) is 5.10 Å². The van der Waals surface area contributed by atoms with Gasteiger partial charge in [-0.3, -0.25) is 15.5 Å². The molecule has 0 saturated carbocycles. The van der Waals surface area contributed by atoms with Crippen molar-refractivity contribution in [1.29, 1.82) is 0 Å². The highest BCUT2D eigenvalue weighted by Crippen LogP contribution is 2.20. The van der Waals surface area contributed by atoms with Gasteiger partial charge in [0.1, 0.15) is 0 Å². The quantitative estimate of drug-likeness (QED) is 0.387. The Labute approximate surface area is 136 Å². The molecule has 0 saturated heterocycles. The third-order valence-corrected chi connectivity index (χ3v) is 3.15. The molecule has 0 atom stereocenters. The second-order valence-electron chi connectivity index (χ2n) is 4.12. The summed E-state index contributed by atoms with van der Waals surface area (Å²) < 4.78 is 0. The lowest BCUT2D eigenvalue weighted by atomic mass is 10.2. The summed E-state index contributed by atoms with van der Waals surface area (Å²) in [6, 6.07) is 13.4.